The molecule has 0 aliphatic heterocycles. The number of hydrogen-bond acceptors (Lipinski definition) is 3. The van der Waals surface area contributed by atoms with Crippen LogP contribution in [0, 0.1) is 5.41 Å². The number of halogens is 1. The Labute approximate surface area is 113 Å². The molecule has 100 valence electrons. The molecule has 1 aromatic rings. The summed E-state index contributed by atoms with van der Waals surface area (Å²) < 4.78 is 5.62. The number of ether oxygens (including phenoxy) is 1. The van der Waals surface area contributed by atoms with Gasteiger partial charge in [0, 0.05) is 12.1 Å². The first-order valence-electron chi connectivity index (χ1n) is 6.07. The van der Waals surface area contributed by atoms with Crippen LogP contribution < -0.4 is 10.5 Å². The van der Waals surface area contributed by atoms with Crippen molar-refractivity contribution in [3.8, 4) is 5.75 Å². The summed E-state index contributed by atoms with van der Waals surface area (Å²) in [5, 5.41) is 7.78. The zero-order chi connectivity index (χ0) is 13.5. The van der Waals surface area contributed by atoms with Gasteiger partial charge in [0.1, 0.15) is 18.2 Å². The Balaban J connectivity index is 2.53. The lowest BCUT2D eigenvalue weighted by atomic mass is 10.2. The Kier molecular flexibility index (Phi) is 5.95. The molecule has 0 bridgehead atoms. The minimum atomic E-state index is -0.0327. The standard InChI is InChI=1S/C13H20ClN3O/c1-3-17(4-2)7-8-18-10-5-6-11(13(15)16)12(14)9-10/h5-6,9H,3-4,7-8H2,1-2H3,(H3,15,16). The van der Waals surface area contributed by atoms with Gasteiger partial charge < -0.3 is 15.4 Å². The maximum Gasteiger partial charge on any atom is 0.124 e. The Hall–Kier alpha value is -1.26. The van der Waals surface area contributed by atoms with Gasteiger partial charge in [-0.1, -0.05) is 25.4 Å². The SMILES string of the molecule is CCN(CC)CCOc1ccc(C(=N)N)c(Cl)c1. The molecular formula is C13H20ClN3O. The van der Waals surface area contributed by atoms with Gasteiger partial charge in [0.15, 0.2) is 0 Å². The van der Waals surface area contributed by atoms with Crippen molar-refractivity contribution in [3.05, 3.63) is 28.8 Å². The summed E-state index contributed by atoms with van der Waals surface area (Å²) in [4.78, 5) is 2.28. The number of nitrogens with two attached hydrogens (primary N) is 1. The largest absolute Gasteiger partial charge is 0.492 e. The molecule has 0 unspecified atom stereocenters. The van der Waals surface area contributed by atoms with Crippen molar-refractivity contribution in [2.24, 2.45) is 5.73 Å². The van der Waals surface area contributed by atoms with E-state index in [1.165, 1.54) is 0 Å². The number of hydrogen-bond donors (Lipinski definition) is 2. The van der Waals surface area contributed by atoms with Crippen molar-refractivity contribution >= 4 is 17.4 Å². The van der Waals surface area contributed by atoms with E-state index in [0.29, 0.717) is 22.9 Å². The van der Waals surface area contributed by atoms with Crippen LogP contribution in [-0.2, 0) is 0 Å². The summed E-state index contributed by atoms with van der Waals surface area (Å²) >= 11 is 6.01. The highest BCUT2D eigenvalue weighted by Crippen LogP contribution is 2.22. The van der Waals surface area contributed by atoms with Gasteiger partial charge >= 0.3 is 0 Å². The van der Waals surface area contributed by atoms with Gasteiger partial charge in [0.2, 0.25) is 0 Å². The normalized spacial score (nSPS) is 10.7. The van der Waals surface area contributed by atoms with Crippen LogP contribution in [0.2, 0.25) is 5.02 Å². The van der Waals surface area contributed by atoms with Crippen molar-refractivity contribution in [3.63, 3.8) is 0 Å². The van der Waals surface area contributed by atoms with E-state index >= 15 is 0 Å². The zero-order valence-electron chi connectivity index (χ0n) is 10.9. The molecule has 1 rings (SSSR count). The Morgan fingerprint density at radius 2 is 2.06 bits per heavy atom. The van der Waals surface area contributed by atoms with Crippen LogP contribution in [0.15, 0.2) is 18.2 Å². The van der Waals surface area contributed by atoms with Gasteiger partial charge in [-0.05, 0) is 31.3 Å². The topological polar surface area (TPSA) is 62.3 Å². The summed E-state index contributed by atoms with van der Waals surface area (Å²) in [5.74, 6) is 0.673. The van der Waals surface area contributed by atoms with Crippen LogP contribution in [0.1, 0.15) is 19.4 Å². The summed E-state index contributed by atoms with van der Waals surface area (Å²) in [7, 11) is 0. The van der Waals surface area contributed by atoms with Crippen molar-refractivity contribution in [2.45, 2.75) is 13.8 Å². The van der Waals surface area contributed by atoms with Gasteiger partial charge in [0.05, 0.1) is 5.02 Å². The number of likely N-dealkylation sites (N-methyl/N-ethyl adjacent to an activating group) is 1. The van der Waals surface area contributed by atoms with E-state index in [4.69, 9.17) is 27.5 Å². The molecule has 4 nitrogen and oxygen atoms in total. The van der Waals surface area contributed by atoms with E-state index < -0.39 is 0 Å². The highest BCUT2D eigenvalue weighted by atomic mass is 35.5. The van der Waals surface area contributed by atoms with Crippen LogP contribution in [0.5, 0.6) is 5.75 Å². The molecule has 3 N–H and O–H groups in total. The molecule has 0 atom stereocenters. The molecule has 1 aromatic carbocycles. The first-order valence-corrected chi connectivity index (χ1v) is 6.45. The second-order valence-electron chi connectivity index (χ2n) is 3.93. The molecule has 0 fully saturated rings. The molecule has 0 aliphatic carbocycles. The predicted molar refractivity (Wildman–Crippen MR) is 75.8 cm³/mol. The van der Waals surface area contributed by atoms with E-state index in [9.17, 15) is 0 Å². The molecule has 0 radical (unpaired) electrons. The van der Waals surface area contributed by atoms with Crippen LogP contribution in [0.4, 0.5) is 0 Å². The Morgan fingerprint density at radius 3 is 2.56 bits per heavy atom. The number of rotatable bonds is 7. The van der Waals surface area contributed by atoms with Gasteiger partial charge in [0.25, 0.3) is 0 Å². The summed E-state index contributed by atoms with van der Waals surface area (Å²) in [5.41, 5.74) is 5.93. The fourth-order valence-corrected chi connectivity index (χ4v) is 1.91. The minimum absolute atomic E-state index is 0.0327. The smallest absolute Gasteiger partial charge is 0.124 e. The average Bonchev–Trinajstić information content (AvgIpc) is 2.34. The third-order valence-corrected chi connectivity index (χ3v) is 3.11. The maximum atomic E-state index is 7.34. The Morgan fingerprint density at radius 1 is 1.39 bits per heavy atom. The average molecular weight is 270 g/mol. The third-order valence-electron chi connectivity index (χ3n) is 2.80. The van der Waals surface area contributed by atoms with Gasteiger partial charge in [-0.3, -0.25) is 5.41 Å². The van der Waals surface area contributed by atoms with Gasteiger partial charge in [-0.25, -0.2) is 0 Å². The van der Waals surface area contributed by atoms with Crippen LogP contribution in [0.25, 0.3) is 0 Å². The zero-order valence-corrected chi connectivity index (χ0v) is 11.6. The first kappa shape index (κ1) is 14.8. The minimum Gasteiger partial charge on any atom is -0.492 e. The molecule has 0 saturated carbocycles. The van der Waals surface area contributed by atoms with Crippen molar-refractivity contribution in [2.75, 3.05) is 26.2 Å². The van der Waals surface area contributed by atoms with Gasteiger partial charge in [-0.2, -0.15) is 0 Å². The fourth-order valence-electron chi connectivity index (χ4n) is 1.64. The van der Waals surface area contributed by atoms with Crippen molar-refractivity contribution in [1.29, 1.82) is 5.41 Å². The summed E-state index contributed by atoms with van der Waals surface area (Å²) in [6.07, 6.45) is 0. The second-order valence-corrected chi connectivity index (χ2v) is 4.34. The molecule has 0 saturated heterocycles. The molecular weight excluding hydrogens is 250 g/mol. The lowest BCUT2D eigenvalue weighted by Crippen LogP contribution is -2.27. The highest BCUT2D eigenvalue weighted by molar-refractivity contribution is 6.34. The summed E-state index contributed by atoms with van der Waals surface area (Å²) in [6.45, 7) is 7.80. The quantitative estimate of drug-likeness (QED) is 0.590. The number of nitrogen functional groups attached to an aromatic ring is 1. The van der Waals surface area contributed by atoms with E-state index in [-0.39, 0.29) is 5.84 Å². The molecule has 0 heterocycles. The molecule has 0 spiro atoms. The lowest BCUT2D eigenvalue weighted by molar-refractivity contribution is 0.223. The Bertz CT molecular complexity index is 405. The van der Waals surface area contributed by atoms with Crippen molar-refractivity contribution < 1.29 is 4.74 Å². The van der Waals surface area contributed by atoms with E-state index in [1.54, 1.807) is 18.2 Å². The van der Waals surface area contributed by atoms with E-state index in [0.717, 1.165) is 19.6 Å². The lowest BCUT2D eigenvalue weighted by Gasteiger charge is -2.18. The second kappa shape index (κ2) is 7.24. The van der Waals surface area contributed by atoms with Crippen LogP contribution >= 0.6 is 11.6 Å². The maximum absolute atomic E-state index is 7.34. The number of nitrogens with zero attached hydrogens (tertiary/aromatic N) is 1. The monoisotopic (exact) mass is 269 g/mol. The summed E-state index contributed by atoms with van der Waals surface area (Å²) in [6, 6.07) is 5.18. The fraction of sp³-hybridized carbons (Fsp3) is 0.462. The van der Waals surface area contributed by atoms with Crippen LogP contribution in [0.3, 0.4) is 0 Å². The predicted octanol–water partition coefficient (Wildman–Crippen LogP) is 2.34. The van der Waals surface area contributed by atoms with E-state index in [2.05, 4.69) is 18.7 Å². The highest BCUT2D eigenvalue weighted by Gasteiger charge is 2.05. The number of nitrogens with one attached hydrogen (secondary N) is 1. The van der Waals surface area contributed by atoms with Gasteiger partial charge in [-0.15, -0.1) is 0 Å². The van der Waals surface area contributed by atoms with E-state index in [1.807, 2.05) is 0 Å². The third kappa shape index (κ3) is 4.20. The van der Waals surface area contributed by atoms with Crippen LogP contribution in [-0.4, -0.2) is 37.0 Å². The first-order chi connectivity index (χ1) is 8.58. The number of benzene rings is 1. The van der Waals surface area contributed by atoms with Crippen molar-refractivity contribution in [1.82, 2.24) is 4.90 Å². The molecule has 0 aromatic heterocycles. The molecule has 18 heavy (non-hydrogen) atoms. The molecule has 0 aliphatic rings. The molecule has 5 heteroatoms. The number of amidine groups is 1. The molecule has 0 amide bonds.